The maximum Gasteiger partial charge on any atom is 0.340 e. The van der Waals surface area contributed by atoms with E-state index in [1.807, 2.05) is 18.2 Å². The number of esters is 1. The molecule has 0 aromatic carbocycles. The Balaban J connectivity index is 2.64. The molecule has 0 spiro atoms. The Morgan fingerprint density at radius 2 is 2.18 bits per heavy atom. The van der Waals surface area contributed by atoms with Gasteiger partial charge in [-0.2, -0.15) is 0 Å². The van der Waals surface area contributed by atoms with E-state index < -0.39 is 5.97 Å². The first-order chi connectivity index (χ1) is 8.24. The Morgan fingerprint density at radius 3 is 2.82 bits per heavy atom. The zero-order chi connectivity index (χ0) is 12.3. The Hall–Kier alpha value is -1.75. The first-order valence-corrected chi connectivity index (χ1v) is 5.66. The van der Waals surface area contributed by atoms with Crippen molar-refractivity contribution in [1.82, 2.24) is 9.97 Å². The molecule has 0 aliphatic rings. The number of aromatic nitrogens is 2. The number of carbonyl (C=O) groups excluding carboxylic acids is 1. The smallest absolute Gasteiger partial charge is 0.340 e. The van der Waals surface area contributed by atoms with E-state index in [9.17, 15) is 4.79 Å². The molecule has 2 aromatic rings. The quantitative estimate of drug-likeness (QED) is 0.799. The summed E-state index contributed by atoms with van der Waals surface area (Å²) >= 11 is 3.37. The minimum absolute atomic E-state index is 0.389. The van der Waals surface area contributed by atoms with E-state index >= 15 is 0 Å². The molecule has 2 heterocycles. The second-order valence-electron chi connectivity index (χ2n) is 3.25. The van der Waals surface area contributed by atoms with Crippen molar-refractivity contribution < 1.29 is 9.53 Å². The molecule has 2 aromatic heterocycles. The van der Waals surface area contributed by atoms with E-state index in [1.54, 1.807) is 12.4 Å². The summed E-state index contributed by atoms with van der Waals surface area (Å²) in [6, 6.07) is 5.50. The third-order valence-corrected chi connectivity index (χ3v) is 2.83. The number of carbonyl (C=O) groups is 1. The van der Waals surface area contributed by atoms with Crippen LogP contribution in [-0.4, -0.2) is 23.0 Å². The van der Waals surface area contributed by atoms with Gasteiger partial charge in [0.15, 0.2) is 0 Å². The second-order valence-corrected chi connectivity index (χ2v) is 4.10. The first-order valence-electron chi connectivity index (χ1n) is 4.87. The van der Waals surface area contributed by atoms with Crippen molar-refractivity contribution in [1.29, 1.82) is 0 Å². The predicted octanol–water partition coefficient (Wildman–Crippen LogP) is 2.69. The zero-order valence-electron chi connectivity index (χ0n) is 9.05. The van der Waals surface area contributed by atoms with Crippen LogP contribution >= 0.6 is 15.9 Å². The van der Waals surface area contributed by atoms with Crippen molar-refractivity contribution in [2.45, 2.75) is 0 Å². The lowest BCUT2D eigenvalue weighted by Gasteiger charge is -2.08. The van der Waals surface area contributed by atoms with Crippen LogP contribution in [0.3, 0.4) is 0 Å². The van der Waals surface area contributed by atoms with Crippen LogP contribution in [0.4, 0.5) is 0 Å². The summed E-state index contributed by atoms with van der Waals surface area (Å²) in [7, 11) is 1.34. The van der Waals surface area contributed by atoms with Gasteiger partial charge in [0.25, 0.3) is 0 Å². The average molecular weight is 293 g/mol. The summed E-state index contributed by atoms with van der Waals surface area (Å²) in [5.74, 6) is -0.431. The maximum absolute atomic E-state index is 11.6. The molecule has 0 saturated heterocycles. The van der Waals surface area contributed by atoms with Gasteiger partial charge in [0.05, 0.1) is 18.4 Å². The van der Waals surface area contributed by atoms with Crippen LogP contribution in [0.15, 0.2) is 41.3 Å². The van der Waals surface area contributed by atoms with Gasteiger partial charge in [-0.3, -0.25) is 9.97 Å². The molecule has 0 saturated carbocycles. The summed E-state index contributed by atoms with van der Waals surface area (Å²) in [6.45, 7) is 0. The largest absolute Gasteiger partial charge is 0.465 e. The van der Waals surface area contributed by atoms with Gasteiger partial charge < -0.3 is 4.74 Å². The van der Waals surface area contributed by atoms with E-state index in [4.69, 9.17) is 4.74 Å². The molecule has 0 unspecified atom stereocenters. The van der Waals surface area contributed by atoms with Crippen molar-refractivity contribution in [3.8, 4) is 11.3 Å². The Kier molecular flexibility index (Phi) is 3.49. The maximum atomic E-state index is 11.6. The van der Waals surface area contributed by atoms with Gasteiger partial charge in [0.1, 0.15) is 0 Å². The number of methoxy groups -OCH3 is 1. The number of hydrogen-bond acceptors (Lipinski definition) is 4. The lowest BCUT2D eigenvalue weighted by Crippen LogP contribution is -2.05. The molecule has 0 N–H and O–H groups in total. The van der Waals surface area contributed by atoms with Crippen molar-refractivity contribution in [3.05, 3.63) is 46.8 Å². The average Bonchev–Trinajstić information content (AvgIpc) is 2.38. The molecule has 0 aliphatic heterocycles. The molecule has 0 radical (unpaired) electrons. The van der Waals surface area contributed by atoms with Crippen LogP contribution < -0.4 is 0 Å². The Bertz CT molecular complexity index is 543. The molecule has 86 valence electrons. The van der Waals surface area contributed by atoms with Crippen molar-refractivity contribution in [2.75, 3.05) is 7.11 Å². The zero-order valence-corrected chi connectivity index (χ0v) is 10.6. The molecular formula is C12H9BrN2O2. The summed E-state index contributed by atoms with van der Waals surface area (Å²) < 4.78 is 5.43. The lowest BCUT2D eigenvalue weighted by atomic mass is 10.1. The molecule has 0 amide bonds. The number of halogens is 1. The number of pyridine rings is 2. The van der Waals surface area contributed by atoms with Crippen LogP contribution in [-0.2, 0) is 4.74 Å². The second kappa shape index (κ2) is 5.05. The van der Waals surface area contributed by atoms with Crippen LogP contribution in [0.2, 0.25) is 0 Å². The van der Waals surface area contributed by atoms with Crippen molar-refractivity contribution in [2.24, 2.45) is 0 Å². The molecule has 4 nitrogen and oxygen atoms in total. The molecule has 0 atom stereocenters. The van der Waals surface area contributed by atoms with Gasteiger partial charge in [-0.05, 0) is 28.1 Å². The molecule has 0 fully saturated rings. The van der Waals surface area contributed by atoms with E-state index in [1.165, 1.54) is 13.3 Å². The fraction of sp³-hybridized carbons (Fsp3) is 0.0833. The van der Waals surface area contributed by atoms with E-state index in [0.717, 1.165) is 0 Å². The summed E-state index contributed by atoms with van der Waals surface area (Å²) in [5, 5.41) is 0. The highest BCUT2D eigenvalue weighted by molar-refractivity contribution is 9.10. The molecule has 5 heteroatoms. The Morgan fingerprint density at radius 1 is 1.35 bits per heavy atom. The van der Waals surface area contributed by atoms with Crippen LogP contribution in [0.1, 0.15) is 10.4 Å². The number of ether oxygens (including phenoxy) is 1. The highest BCUT2D eigenvalue weighted by Crippen LogP contribution is 2.29. The monoisotopic (exact) mass is 292 g/mol. The molecule has 0 aliphatic carbocycles. The van der Waals surface area contributed by atoms with Gasteiger partial charge >= 0.3 is 5.97 Å². The van der Waals surface area contributed by atoms with Gasteiger partial charge in [0.2, 0.25) is 0 Å². The van der Waals surface area contributed by atoms with Gasteiger partial charge in [-0.1, -0.05) is 6.07 Å². The van der Waals surface area contributed by atoms with E-state index in [0.29, 0.717) is 21.3 Å². The SMILES string of the molecule is COC(=O)c1cncc(Br)c1-c1ccccn1. The standard InChI is InChI=1S/C12H9BrN2O2/c1-17-12(16)8-6-14-7-9(13)11(8)10-4-2-3-5-15-10/h2-7H,1H3. The highest BCUT2D eigenvalue weighted by atomic mass is 79.9. The number of hydrogen-bond donors (Lipinski definition) is 0. The van der Waals surface area contributed by atoms with Gasteiger partial charge in [-0.15, -0.1) is 0 Å². The van der Waals surface area contributed by atoms with E-state index in [-0.39, 0.29) is 0 Å². The summed E-state index contributed by atoms with van der Waals surface area (Å²) in [5.41, 5.74) is 1.77. The van der Waals surface area contributed by atoms with Crippen molar-refractivity contribution in [3.63, 3.8) is 0 Å². The van der Waals surface area contributed by atoms with Crippen LogP contribution in [0.5, 0.6) is 0 Å². The minimum Gasteiger partial charge on any atom is -0.465 e. The summed E-state index contributed by atoms with van der Waals surface area (Å²) in [4.78, 5) is 19.8. The fourth-order valence-electron chi connectivity index (χ4n) is 1.47. The van der Waals surface area contributed by atoms with Crippen molar-refractivity contribution >= 4 is 21.9 Å². The highest BCUT2D eigenvalue weighted by Gasteiger charge is 2.17. The minimum atomic E-state index is -0.431. The first kappa shape index (κ1) is 11.7. The number of nitrogens with zero attached hydrogens (tertiary/aromatic N) is 2. The third kappa shape index (κ3) is 2.34. The van der Waals surface area contributed by atoms with Gasteiger partial charge in [0, 0.05) is 28.6 Å². The lowest BCUT2D eigenvalue weighted by molar-refractivity contribution is 0.0601. The van der Waals surface area contributed by atoms with Gasteiger partial charge in [-0.25, -0.2) is 4.79 Å². The van der Waals surface area contributed by atoms with Crippen LogP contribution in [0, 0.1) is 0 Å². The summed E-state index contributed by atoms with van der Waals surface area (Å²) in [6.07, 6.45) is 4.76. The molecule has 17 heavy (non-hydrogen) atoms. The normalized spacial score (nSPS) is 10.0. The molecule has 0 bridgehead atoms. The van der Waals surface area contributed by atoms with E-state index in [2.05, 4.69) is 25.9 Å². The Labute approximate surface area is 107 Å². The number of rotatable bonds is 2. The third-order valence-electron chi connectivity index (χ3n) is 2.23. The van der Waals surface area contributed by atoms with Crippen LogP contribution in [0.25, 0.3) is 11.3 Å². The predicted molar refractivity (Wildman–Crippen MR) is 66.5 cm³/mol. The fourth-order valence-corrected chi connectivity index (χ4v) is 2.01. The molecule has 2 rings (SSSR count). The molecular weight excluding hydrogens is 284 g/mol. The topological polar surface area (TPSA) is 52.1 Å².